The molecule has 1 aromatic heterocycles. The number of ether oxygens (including phenoxy) is 1. The van der Waals surface area contributed by atoms with E-state index >= 15 is 0 Å². The highest BCUT2D eigenvalue weighted by Crippen LogP contribution is 2.46. The van der Waals surface area contributed by atoms with Crippen LogP contribution in [-0.4, -0.2) is 36.6 Å². The zero-order valence-corrected chi connectivity index (χ0v) is 17.4. The summed E-state index contributed by atoms with van der Waals surface area (Å²) >= 11 is 0. The lowest BCUT2D eigenvalue weighted by Gasteiger charge is -2.33. The van der Waals surface area contributed by atoms with E-state index in [1.54, 1.807) is 0 Å². The molecular weight excluding hydrogens is 397 g/mol. The highest BCUT2D eigenvalue weighted by atomic mass is 19.1. The number of hydrogen-bond donors (Lipinski definition) is 1. The van der Waals surface area contributed by atoms with Crippen LogP contribution in [-0.2, 0) is 21.5 Å². The van der Waals surface area contributed by atoms with Crippen LogP contribution >= 0.6 is 0 Å². The highest BCUT2D eigenvalue weighted by molar-refractivity contribution is 5.96. The van der Waals surface area contributed by atoms with Gasteiger partial charge in [-0.2, -0.15) is 0 Å². The summed E-state index contributed by atoms with van der Waals surface area (Å²) in [5.74, 6) is -0.407. The van der Waals surface area contributed by atoms with Gasteiger partial charge in [0.15, 0.2) is 0 Å². The Bertz CT molecular complexity index is 998. The van der Waals surface area contributed by atoms with Crippen molar-refractivity contribution in [1.82, 2.24) is 10.3 Å². The van der Waals surface area contributed by atoms with E-state index in [0.29, 0.717) is 18.8 Å². The number of hydrogen-bond acceptors (Lipinski definition) is 4. The van der Waals surface area contributed by atoms with Crippen molar-refractivity contribution in [3.8, 4) is 0 Å². The molecule has 0 spiro atoms. The van der Waals surface area contributed by atoms with Crippen LogP contribution in [0.5, 0.6) is 0 Å². The van der Waals surface area contributed by atoms with E-state index in [2.05, 4.69) is 5.32 Å². The second kappa shape index (κ2) is 8.04. The second-order valence-electron chi connectivity index (χ2n) is 8.69. The first-order chi connectivity index (χ1) is 15.1. The van der Waals surface area contributed by atoms with Crippen LogP contribution in [0.25, 0.3) is 0 Å². The van der Waals surface area contributed by atoms with Crippen LogP contribution in [0, 0.1) is 11.7 Å². The SMILES string of the molecule is O=C(NC1(c2ccc3c(n2)CCCN3C(=O)C2CCOCC2)CC1)c1ccc(F)cc1. The van der Waals surface area contributed by atoms with Gasteiger partial charge < -0.3 is 15.0 Å². The summed E-state index contributed by atoms with van der Waals surface area (Å²) in [5.41, 5.74) is 2.60. The van der Waals surface area contributed by atoms with Gasteiger partial charge in [0.1, 0.15) is 5.82 Å². The van der Waals surface area contributed by atoms with Gasteiger partial charge in [0.2, 0.25) is 5.91 Å². The number of pyridine rings is 1. The van der Waals surface area contributed by atoms with E-state index in [4.69, 9.17) is 9.72 Å². The summed E-state index contributed by atoms with van der Waals surface area (Å²) in [4.78, 5) is 32.5. The maximum Gasteiger partial charge on any atom is 0.252 e. The maximum absolute atomic E-state index is 13.2. The number of nitrogens with one attached hydrogen (secondary N) is 1. The summed E-state index contributed by atoms with van der Waals surface area (Å²) in [6.45, 7) is 2.01. The predicted octanol–water partition coefficient (Wildman–Crippen LogP) is 3.35. The molecule has 1 saturated carbocycles. The summed E-state index contributed by atoms with van der Waals surface area (Å²) in [7, 11) is 0. The largest absolute Gasteiger partial charge is 0.381 e. The molecule has 1 saturated heterocycles. The molecule has 2 fully saturated rings. The third-order valence-electron chi connectivity index (χ3n) is 6.57. The molecule has 31 heavy (non-hydrogen) atoms. The number of aryl methyl sites for hydroxylation is 1. The fraction of sp³-hybridized carbons (Fsp3) is 0.458. The summed E-state index contributed by atoms with van der Waals surface area (Å²) < 4.78 is 18.6. The standard InChI is InChI=1S/C24H26FN3O3/c25-18-5-3-16(4-6-18)22(29)27-24(11-12-24)21-8-7-20-19(26-21)2-1-13-28(20)23(30)17-9-14-31-15-10-17/h3-8,17H,1-2,9-15H2,(H,27,29). The van der Waals surface area contributed by atoms with Gasteiger partial charge in [0.05, 0.1) is 22.6 Å². The molecule has 5 rings (SSSR count). The van der Waals surface area contributed by atoms with Crippen molar-refractivity contribution in [2.75, 3.05) is 24.7 Å². The molecule has 2 aliphatic heterocycles. The molecular formula is C24H26FN3O3. The second-order valence-corrected chi connectivity index (χ2v) is 8.69. The van der Waals surface area contributed by atoms with Gasteiger partial charge in [0.25, 0.3) is 5.91 Å². The Labute approximate surface area is 180 Å². The van der Waals surface area contributed by atoms with Crippen LogP contribution < -0.4 is 10.2 Å². The Balaban J connectivity index is 1.35. The number of fused-ring (bicyclic) bond motifs is 1. The number of carbonyl (C=O) groups is 2. The zero-order chi connectivity index (χ0) is 21.4. The molecule has 2 aromatic rings. The molecule has 1 aromatic carbocycles. The normalized spacial score (nSPS) is 20.1. The van der Waals surface area contributed by atoms with Crippen LogP contribution in [0.4, 0.5) is 10.1 Å². The molecule has 1 N–H and O–H groups in total. The summed E-state index contributed by atoms with van der Waals surface area (Å²) in [6.07, 6.45) is 4.88. The third kappa shape index (κ3) is 3.94. The Morgan fingerprint density at radius 1 is 1.10 bits per heavy atom. The molecule has 2 amide bonds. The van der Waals surface area contributed by atoms with Crippen molar-refractivity contribution < 1.29 is 18.7 Å². The van der Waals surface area contributed by atoms with Crippen molar-refractivity contribution in [3.63, 3.8) is 0 Å². The Morgan fingerprint density at radius 3 is 2.55 bits per heavy atom. The number of carbonyl (C=O) groups excluding carboxylic acids is 2. The first-order valence-corrected chi connectivity index (χ1v) is 11.0. The lowest BCUT2D eigenvalue weighted by molar-refractivity contribution is -0.125. The summed E-state index contributed by atoms with van der Waals surface area (Å²) in [5, 5.41) is 3.09. The average Bonchev–Trinajstić information content (AvgIpc) is 3.59. The molecule has 162 valence electrons. The van der Waals surface area contributed by atoms with E-state index < -0.39 is 5.54 Å². The lowest BCUT2D eigenvalue weighted by Crippen LogP contribution is -2.42. The summed E-state index contributed by atoms with van der Waals surface area (Å²) in [6, 6.07) is 9.47. The number of rotatable bonds is 4. The van der Waals surface area contributed by atoms with Gasteiger partial charge in [-0.1, -0.05) is 0 Å². The quantitative estimate of drug-likeness (QED) is 0.819. The Hall–Kier alpha value is -2.80. The van der Waals surface area contributed by atoms with Crippen molar-refractivity contribution in [2.24, 2.45) is 5.92 Å². The third-order valence-corrected chi connectivity index (χ3v) is 6.57. The smallest absolute Gasteiger partial charge is 0.252 e. The van der Waals surface area contributed by atoms with Crippen molar-refractivity contribution in [1.29, 1.82) is 0 Å². The minimum atomic E-state index is -0.479. The van der Waals surface area contributed by atoms with Crippen molar-refractivity contribution in [2.45, 2.75) is 44.1 Å². The predicted molar refractivity (Wildman–Crippen MR) is 113 cm³/mol. The molecule has 3 heterocycles. The highest BCUT2D eigenvalue weighted by Gasteiger charge is 2.47. The topological polar surface area (TPSA) is 71.5 Å². The number of aromatic nitrogens is 1. The Morgan fingerprint density at radius 2 is 1.84 bits per heavy atom. The van der Waals surface area contributed by atoms with Gasteiger partial charge in [-0.3, -0.25) is 14.6 Å². The fourth-order valence-corrected chi connectivity index (χ4v) is 4.57. The van der Waals surface area contributed by atoms with E-state index in [1.807, 2.05) is 17.0 Å². The minimum Gasteiger partial charge on any atom is -0.381 e. The van der Waals surface area contributed by atoms with Gasteiger partial charge in [-0.15, -0.1) is 0 Å². The minimum absolute atomic E-state index is 0.0177. The number of halogens is 1. The van der Waals surface area contributed by atoms with Gasteiger partial charge in [-0.25, -0.2) is 4.39 Å². The number of nitrogens with zero attached hydrogens (tertiary/aromatic N) is 2. The number of benzene rings is 1. The molecule has 3 aliphatic rings. The fourth-order valence-electron chi connectivity index (χ4n) is 4.57. The lowest BCUT2D eigenvalue weighted by atomic mass is 9.96. The Kier molecular flexibility index (Phi) is 5.22. The maximum atomic E-state index is 13.2. The van der Waals surface area contributed by atoms with Gasteiger partial charge in [0, 0.05) is 31.2 Å². The molecule has 0 unspecified atom stereocenters. The first kappa shape index (κ1) is 20.1. The molecule has 0 atom stereocenters. The zero-order valence-electron chi connectivity index (χ0n) is 17.4. The average molecular weight is 423 g/mol. The van der Waals surface area contributed by atoms with Crippen LogP contribution in [0.15, 0.2) is 36.4 Å². The molecule has 0 radical (unpaired) electrons. The van der Waals surface area contributed by atoms with E-state index in [1.165, 1.54) is 24.3 Å². The molecule has 6 nitrogen and oxygen atoms in total. The van der Waals surface area contributed by atoms with E-state index in [-0.39, 0.29) is 23.5 Å². The number of anilines is 1. The monoisotopic (exact) mass is 423 g/mol. The van der Waals surface area contributed by atoms with Crippen molar-refractivity contribution in [3.05, 3.63) is 59.2 Å². The first-order valence-electron chi connectivity index (χ1n) is 11.0. The van der Waals surface area contributed by atoms with Crippen molar-refractivity contribution >= 4 is 17.5 Å². The van der Waals surface area contributed by atoms with Crippen LogP contribution in [0.3, 0.4) is 0 Å². The molecule has 1 aliphatic carbocycles. The number of amides is 2. The molecule has 7 heteroatoms. The van der Waals surface area contributed by atoms with Crippen LogP contribution in [0.1, 0.15) is 53.8 Å². The molecule has 0 bridgehead atoms. The van der Waals surface area contributed by atoms with Gasteiger partial charge >= 0.3 is 0 Å². The van der Waals surface area contributed by atoms with Crippen LogP contribution in [0.2, 0.25) is 0 Å². The van der Waals surface area contributed by atoms with E-state index in [0.717, 1.165) is 62.1 Å². The van der Waals surface area contributed by atoms with E-state index in [9.17, 15) is 14.0 Å². The van der Waals surface area contributed by atoms with Gasteiger partial charge in [-0.05, 0) is 74.9 Å².